The Balaban J connectivity index is 2.83. The maximum absolute atomic E-state index is 11.6. The Kier molecular flexibility index (Phi) is 4.89. The fraction of sp³-hybridized carbons (Fsp3) is 0.400. The third kappa shape index (κ3) is 4.20. The fourth-order valence-corrected chi connectivity index (χ4v) is 2.81. The standard InChI is InChI=1S/C10H13Cl2NO2S/c1-8-3-4-9(12)7-10(8)13-16(14,15)6-2-5-11/h3-4,7,13H,2,5-6H2,1H3. The lowest BCUT2D eigenvalue weighted by Crippen LogP contribution is -2.17. The Bertz CT molecular complexity index is 460. The molecule has 0 spiro atoms. The molecule has 0 saturated heterocycles. The molecule has 0 radical (unpaired) electrons. The Hall–Kier alpha value is -0.450. The summed E-state index contributed by atoms with van der Waals surface area (Å²) >= 11 is 11.2. The lowest BCUT2D eigenvalue weighted by atomic mass is 10.2. The number of aryl methyl sites for hydroxylation is 1. The number of anilines is 1. The van der Waals surface area contributed by atoms with Crippen LogP contribution in [0.4, 0.5) is 5.69 Å². The van der Waals surface area contributed by atoms with E-state index in [1.165, 1.54) is 0 Å². The molecule has 1 aromatic carbocycles. The summed E-state index contributed by atoms with van der Waals surface area (Å²) in [7, 11) is -3.33. The lowest BCUT2D eigenvalue weighted by molar-refractivity contribution is 0.600. The monoisotopic (exact) mass is 281 g/mol. The van der Waals surface area contributed by atoms with E-state index in [9.17, 15) is 8.42 Å². The number of benzene rings is 1. The SMILES string of the molecule is Cc1ccc(Cl)cc1NS(=O)(=O)CCCCl. The van der Waals surface area contributed by atoms with E-state index in [0.717, 1.165) is 5.56 Å². The van der Waals surface area contributed by atoms with E-state index in [0.29, 0.717) is 23.0 Å². The van der Waals surface area contributed by atoms with Crippen molar-refractivity contribution in [1.82, 2.24) is 0 Å². The van der Waals surface area contributed by atoms with Crippen molar-refractivity contribution in [3.05, 3.63) is 28.8 Å². The molecule has 0 atom stereocenters. The minimum atomic E-state index is -3.33. The van der Waals surface area contributed by atoms with Crippen LogP contribution < -0.4 is 4.72 Å². The summed E-state index contributed by atoms with van der Waals surface area (Å²) in [5.74, 6) is 0.345. The van der Waals surface area contributed by atoms with Crippen molar-refractivity contribution in [1.29, 1.82) is 0 Å². The molecule has 0 saturated carbocycles. The van der Waals surface area contributed by atoms with Crippen molar-refractivity contribution in [2.24, 2.45) is 0 Å². The largest absolute Gasteiger partial charge is 0.283 e. The molecule has 6 heteroatoms. The van der Waals surface area contributed by atoms with Crippen molar-refractivity contribution in [3.63, 3.8) is 0 Å². The molecular formula is C10H13Cl2NO2S. The van der Waals surface area contributed by atoms with Crippen molar-refractivity contribution in [2.75, 3.05) is 16.4 Å². The van der Waals surface area contributed by atoms with Gasteiger partial charge in [0.2, 0.25) is 10.0 Å². The molecule has 0 unspecified atom stereocenters. The van der Waals surface area contributed by atoms with E-state index < -0.39 is 10.0 Å². The van der Waals surface area contributed by atoms with E-state index >= 15 is 0 Å². The summed E-state index contributed by atoms with van der Waals surface area (Å²) in [5, 5.41) is 0.501. The van der Waals surface area contributed by atoms with Crippen molar-refractivity contribution in [2.45, 2.75) is 13.3 Å². The second kappa shape index (κ2) is 5.75. The third-order valence-electron chi connectivity index (χ3n) is 2.01. The normalized spacial score (nSPS) is 11.4. The van der Waals surface area contributed by atoms with E-state index in [4.69, 9.17) is 23.2 Å². The quantitative estimate of drug-likeness (QED) is 0.844. The highest BCUT2D eigenvalue weighted by Crippen LogP contribution is 2.21. The van der Waals surface area contributed by atoms with Gasteiger partial charge < -0.3 is 0 Å². The predicted octanol–water partition coefficient (Wildman–Crippen LogP) is 3.02. The highest BCUT2D eigenvalue weighted by atomic mass is 35.5. The van der Waals surface area contributed by atoms with Gasteiger partial charge in [-0.25, -0.2) is 8.42 Å². The van der Waals surface area contributed by atoms with Crippen LogP contribution in [0.1, 0.15) is 12.0 Å². The van der Waals surface area contributed by atoms with Gasteiger partial charge in [0.15, 0.2) is 0 Å². The molecule has 1 rings (SSSR count). The first-order valence-electron chi connectivity index (χ1n) is 4.77. The number of rotatable bonds is 5. The van der Waals surface area contributed by atoms with Crippen molar-refractivity contribution in [3.8, 4) is 0 Å². The molecule has 16 heavy (non-hydrogen) atoms. The zero-order valence-electron chi connectivity index (χ0n) is 8.83. The van der Waals surface area contributed by atoms with Gasteiger partial charge in [-0.3, -0.25) is 4.72 Å². The molecular weight excluding hydrogens is 269 g/mol. The smallest absolute Gasteiger partial charge is 0.232 e. The summed E-state index contributed by atoms with van der Waals surface area (Å²) in [6, 6.07) is 5.07. The van der Waals surface area contributed by atoms with Crippen LogP contribution in [-0.2, 0) is 10.0 Å². The average Bonchev–Trinajstić information content (AvgIpc) is 2.20. The first kappa shape index (κ1) is 13.6. The summed E-state index contributed by atoms with van der Waals surface area (Å²) in [6.07, 6.45) is 0.427. The molecule has 0 aliphatic rings. The van der Waals surface area contributed by atoms with Gasteiger partial charge in [0, 0.05) is 10.9 Å². The second-order valence-electron chi connectivity index (χ2n) is 3.42. The molecule has 1 aromatic rings. The molecule has 3 nitrogen and oxygen atoms in total. The highest BCUT2D eigenvalue weighted by Gasteiger charge is 2.11. The Morgan fingerprint density at radius 2 is 2.06 bits per heavy atom. The van der Waals surface area contributed by atoms with Crippen LogP contribution in [0, 0.1) is 6.92 Å². The predicted molar refractivity (Wildman–Crippen MR) is 68.9 cm³/mol. The number of hydrogen-bond donors (Lipinski definition) is 1. The summed E-state index contributed by atoms with van der Waals surface area (Å²) in [4.78, 5) is 0. The van der Waals surface area contributed by atoms with Crippen LogP contribution in [0.25, 0.3) is 0 Å². The van der Waals surface area contributed by atoms with Gasteiger partial charge in [0.1, 0.15) is 0 Å². The molecule has 90 valence electrons. The molecule has 0 heterocycles. The molecule has 1 N–H and O–H groups in total. The van der Waals surface area contributed by atoms with Crippen LogP contribution in [0.15, 0.2) is 18.2 Å². The number of alkyl halides is 1. The van der Waals surface area contributed by atoms with Gasteiger partial charge >= 0.3 is 0 Å². The molecule has 0 aliphatic carbocycles. The number of sulfonamides is 1. The van der Waals surface area contributed by atoms with Crippen LogP contribution in [-0.4, -0.2) is 20.1 Å². The molecule has 0 fully saturated rings. The second-order valence-corrected chi connectivity index (χ2v) is 6.08. The molecule has 0 amide bonds. The van der Waals surface area contributed by atoms with Gasteiger partial charge in [-0.15, -0.1) is 11.6 Å². The van der Waals surface area contributed by atoms with E-state index in [1.807, 2.05) is 6.92 Å². The average molecular weight is 282 g/mol. The third-order valence-corrected chi connectivity index (χ3v) is 3.87. The Morgan fingerprint density at radius 3 is 2.69 bits per heavy atom. The van der Waals surface area contributed by atoms with Crippen molar-refractivity contribution >= 4 is 38.9 Å². The molecule has 0 aliphatic heterocycles. The zero-order valence-corrected chi connectivity index (χ0v) is 11.2. The lowest BCUT2D eigenvalue weighted by Gasteiger charge is -2.10. The summed E-state index contributed by atoms with van der Waals surface area (Å²) in [6.45, 7) is 1.82. The minimum Gasteiger partial charge on any atom is -0.283 e. The van der Waals surface area contributed by atoms with Crippen LogP contribution in [0.2, 0.25) is 5.02 Å². The van der Waals surface area contributed by atoms with Crippen molar-refractivity contribution < 1.29 is 8.42 Å². The van der Waals surface area contributed by atoms with Gasteiger partial charge in [0.05, 0.1) is 11.4 Å². The fourth-order valence-electron chi connectivity index (χ4n) is 1.17. The summed E-state index contributed by atoms with van der Waals surface area (Å²) < 4.78 is 25.7. The maximum atomic E-state index is 11.6. The Labute approximate surface area is 106 Å². The summed E-state index contributed by atoms with van der Waals surface area (Å²) in [5.41, 5.74) is 1.35. The van der Waals surface area contributed by atoms with E-state index in [1.54, 1.807) is 18.2 Å². The van der Waals surface area contributed by atoms with Gasteiger partial charge in [-0.2, -0.15) is 0 Å². The van der Waals surface area contributed by atoms with Gasteiger partial charge in [-0.1, -0.05) is 17.7 Å². The number of nitrogens with one attached hydrogen (secondary N) is 1. The van der Waals surface area contributed by atoms with Gasteiger partial charge in [0.25, 0.3) is 0 Å². The topological polar surface area (TPSA) is 46.2 Å². The number of hydrogen-bond acceptors (Lipinski definition) is 2. The molecule has 0 bridgehead atoms. The minimum absolute atomic E-state index is 0.0163. The Morgan fingerprint density at radius 1 is 1.38 bits per heavy atom. The highest BCUT2D eigenvalue weighted by molar-refractivity contribution is 7.92. The molecule has 0 aromatic heterocycles. The first-order valence-corrected chi connectivity index (χ1v) is 7.34. The first-order chi connectivity index (χ1) is 7.44. The number of halogens is 2. The van der Waals surface area contributed by atoms with Crippen LogP contribution in [0.5, 0.6) is 0 Å². The zero-order chi connectivity index (χ0) is 12.2. The maximum Gasteiger partial charge on any atom is 0.232 e. The van der Waals surface area contributed by atoms with E-state index in [2.05, 4.69) is 4.72 Å². The van der Waals surface area contributed by atoms with Crippen LogP contribution >= 0.6 is 23.2 Å². The van der Waals surface area contributed by atoms with E-state index in [-0.39, 0.29) is 5.75 Å². The van der Waals surface area contributed by atoms with Gasteiger partial charge in [-0.05, 0) is 31.0 Å². The van der Waals surface area contributed by atoms with Crippen LogP contribution in [0.3, 0.4) is 0 Å².